The monoisotopic (exact) mass is 239 g/mol. The van der Waals surface area contributed by atoms with Gasteiger partial charge in [0.15, 0.2) is 12.4 Å². The fourth-order valence-corrected chi connectivity index (χ4v) is 1.37. The van der Waals surface area contributed by atoms with Gasteiger partial charge < -0.3 is 20.7 Å². The highest BCUT2D eigenvalue weighted by Gasteiger charge is 2.24. The molecular weight excluding hydrogens is 226 g/mol. The molecule has 2 atom stereocenters. The van der Waals surface area contributed by atoms with E-state index in [1.807, 2.05) is 0 Å². The average molecular weight is 239 g/mol. The quantitative estimate of drug-likeness (QED) is 0.593. The van der Waals surface area contributed by atoms with Crippen molar-refractivity contribution in [3.63, 3.8) is 0 Å². The SMILES string of the molecule is COc1ccc(C(O)C(O)C(N)=O)cc1C=O. The summed E-state index contributed by atoms with van der Waals surface area (Å²) in [5, 5.41) is 18.9. The number of aldehydes is 1. The van der Waals surface area contributed by atoms with Gasteiger partial charge in [0.25, 0.3) is 0 Å². The van der Waals surface area contributed by atoms with Gasteiger partial charge in [-0.25, -0.2) is 0 Å². The third-order valence-electron chi connectivity index (χ3n) is 2.31. The van der Waals surface area contributed by atoms with Crippen LogP contribution in [0.2, 0.25) is 0 Å². The van der Waals surface area contributed by atoms with Gasteiger partial charge in [0.05, 0.1) is 12.7 Å². The Hall–Kier alpha value is -1.92. The van der Waals surface area contributed by atoms with E-state index >= 15 is 0 Å². The van der Waals surface area contributed by atoms with Crippen molar-refractivity contribution in [3.8, 4) is 5.75 Å². The van der Waals surface area contributed by atoms with Gasteiger partial charge in [-0.05, 0) is 17.7 Å². The number of primary amides is 1. The van der Waals surface area contributed by atoms with Crippen molar-refractivity contribution in [2.75, 3.05) is 7.11 Å². The predicted octanol–water partition coefficient (Wildman–Crippen LogP) is -0.613. The Morgan fingerprint density at radius 2 is 2.12 bits per heavy atom. The van der Waals surface area contributed by atoms with Crippen molar-refractivity contribution < 1.29 is 24.5 Å². The van der Waals surface area contributed by atoms with Crippen LogP contribution in [0, 0.1) is 0 Å². The number of hydrogen-bond donors (Lipinski definition) is 3. The normalized spacial score (nSPS) is 13.8. The molecule has 0 radical (unpaired) electrons. The topological polar surface area (TPSA) is 110 Å². The van der Waals surface area contributed by atoms with Gasteiger partial charge >= 0.3 is 0 Å². The maximum Gasteiger partial charge on any atom is 0.249 e. The molecule has 6 heteroatoms. The summed E-state index contributed by atoms with van der Waals surface area (Å²) in [5.41, 5.74) is 5.27. The number of aliphatic hydroxyl groups is 2. The molecule has 6 nitrogen and oxygen atoms in total. The molecular formula is C11H13NO5. The standard InChI is InChI=1S/C11H13NO5/c1-17-8-3-2-6(4-7(8)5-13)9(14)10(15)11(12)16/h2-5,9-10,14-15H,1H3,(H2,12,16). The number of carbonyl (C=O) groups is 2. The van der Waals surface area contributed by atoms with E-state index in [0.29, 0.717) is 12.0 Å². The van der Waals surface area contributed by atoms with Crippen LogP contribution in [-0.4, -0.2) is 35.6 Å². The van der Waals surface area contributed by atoms with Crippen molar-refractivity contribution in [2.45, 2.75) is 12.2 Å². The van der Waals surface area contributed by atoms with E-state index < -0.39 is 18.1 Å². The molecule has 0 aromatic heterocycles. The fraction of sp³-hybridized carbons (Fsp3) is 0.273. The van der Waals surface area contributed by atoms with Gasteiger partial charge in [-0.2, -0.15) is 0 Å². The Morgan fingerprint density at radius 1 is 1.47 bits per heavy atom. The first kappa shape index (κ1) is 13.1. The number of aliphatic hydroxyl groups excluding tert-OH is 2. The third kappa shape index (κ3) is 2.80. The summed E-state index contributed by atoms with van der Waals surface area (Å²) in [7, 11) is 1.40. The van der Waals surface area contributed by atoms with Crippen molar-refractivity contribution in [1.29, 1.82) is 0 Å². The lowest BCUT2D eigenvalue weighted by molar-refractivity contribution is -0.131. The van der Waals surface area contributed by atoms with Crippen molar-refractivity contribution in [3.05, 3.63) is 29.3 Å². The first-order valence-electron chi connectivity index (χ1n) is 4.79. The summed E-state index contributed by atoms with van der Waals surface area (Å²) in [6.07, 6.45) is -2.65. The van der Waals surface area contributed by atoms with E-state index in [9.17, 15) is 19.8 Å². The zero-order chi connectivity index (χ0) is 13.0. The molecule has 0 saturated heterocycles. The fourth-order valence-electron chi connectivity index (χ4n) is 1.37. The lowest BCUT2D eigenvalue weighted by Gasteiger charge is -2.16. The van der Waals surface area contributed by atoms with Gasteiger partial charge in [-0.15, -0.1) is 0 Å². The second-order valence-corrected chi connectivity index (χ2v) is 3.41. The second-order valence-electron chi connectivity index (χ2n) is 3.41. The third-order valence-corrected chi connectivity index (χ3v) is 2.31. The molecule has 1 aromatic carbocycles. The summed E-state index contributed by atoms with van der Waals surface area (Å²) >= 11 is 0. The number of methoxy groups -OCH3 is 1. The molecule has 0 heterocycles. The van der Waals surface area contributed by atoms with Gasteiger partial charge in [0.1, 0.15) is 11.9 Å². The minimum Gasteiger partial charge on any atom is -0.496 e. The molecule has 2 unspecified atom stereocenters. The molecule has 0 saturated carbocycles. The maximum atomic E-state index is 10.7. The van der Waals surface area contributed by atoms with Gasteiger partial charge in [0, 0.05) is 0 Å². The molecule has 17 heavy (non-hydrogen) atoms. The smallest absolute Gasteiger partial charge is 0.249 e. The Labute approximate surface area is 97.6 Å². The molecule has 0 aliphatic carbocycles. The van der Waals surface area contributed by atoms with Crippen molar-refractivity contribution in [2.24, 2.45) is 5.73 Å². The summed E-state index contributed by atoms with van der Waals surface area (Å²) in [5.74, 6) is -0.703. The van der Waals surface area contributed by atoms with E-state index in [-0.39, 0.29) is 11.1 Å². The van der Waals surface area contributed by atoms with Crippen LogP contribution in [0.5, 0.6) is 5.75 Å². The Balaban J connectivity index is 3.07. The molecule has 1 amide bonds. The predicted molar refractivity (Wildman–Crippen MR) is 58.5 cm³/mol. The largest absolute Gasteiger partial charge is 0.496 e. The highest BCUT2D eigenvalue weighted by molar-refractivity contribution is 5.81. The highest BCUT2D eigenvalue weighted by atomic mass is 16.5. The number of nitrogens with two attached hydrogens (primary N) is 1. The molecule has 0 bridgehead atoms. The average Bonchev–Trinajstić information content (AvgIpc) is 2.35. The summed E-state index contributed by atoms with van der Waals surface area (Å²) in [6, 6.07) is 4.21. The minimum absolute atomic E-state index is 0.208. The van der Waals surface area contributed by atoms with E-state index in [1.54, 1.807) is 0 Å². The van der Waals surface area contributed by atoms with Gasteiger partial charge in [-0.3, -0.25) is 9.59 Å². The lowest BCUT2D eigenvalue weighted by Crippen LogP contribution is -2.33. The summed E-state index contributed by atoms with van der Waals surface area (Å²) in [4.78, 5) is 21.5. The number of carbonyl (C=O) groups excluding carboxylic acids is 2. The summed E-state index contributed by atoms with van der Waals surface area (Å²) < 4.78 is 4.91. The van der Waals surface area contributed by atoms with E-state index in [0.717, 1.165) is 0 Å². The second kappa shape index (κ2) is 5.42. The molecule has 1 aromatic rings. The number of ether oxygens (including phenoxy) is 1. The Kier molecular flexibility index (Phi) is 4.19. The van der Waals surface area contributed by atoms with Crippen LogP contribution >= 0.6 is 0 Å². The molecule has 0 aliphatic heterocycles. The Bertz CT molecular complexity index is 432. The summed E-state index contributed by atoms with van der Waals surface area (Å²) in [6.45, 7) is 0. The van der Waals surface area contributed by atoms with Crippen LogP contribution in [0.25, 0.3) is 0 Å². The minimum atomic E-state index is -1.72. The zero-order valence-corrected chi connectivity index (χ0v) is 9.16. The van der Waals surface area contributed by atoms with Crippen LogP contribution < -0.4 is 10.5 Å². The van der Waals surface area contributed by atoms with Crippen LogP contribution in [0.1, 0.15) is 22.0 Å². The first-order valence-corrected chi connectivity index (χ1v) is 4.79. The van der Waals surface area contributed by atoms with E-state index in [1.165, 1.54) is 25.3 Å². The first-order chi connectivity index (χ1) is 8.01. The van der Waals surface area contributed by atoms with Crippen molar-refractivity contribution in [1.82, 2.24) is 0 Å². The van der Waals surface area contributed by atoms with E-state index in [4.69, 9.17) is 10.5 Å². The van der Waals surface area contributed by atoms with E-state index in [2.05, 4.69) is 0 Å². The van der Waals surface area contributed by atoms with Crippen molar-refractivity contribution >= 4 is 12.2 Å². The van der Waals surface area contributed by atoms with Crippen LogP contribution in [0.15, 0.2) is 18.2 Å². The van der Waals surface area contributed by atoms with Crippen LogP contribution in [0.4, 0.5) is 0 Å². The Morgan fingerprint density at radius 3 is 2.59 bits per heavy atom. The number of benzene rings is 1. The molecule has 92 valence electrons. The molecule has 0 aliphatic rings. The number of amides is 1. The molecule has 0 fully saturated rings. The zero-order valence-electron chi connectivity index (χ0n) is 9.16. The molecule has 4 N–H and O–H groups in total. The maximum absolute atomic E-state index is 10.7. The lowest BCUT2D eigenvalue weighted by atomic mass is 10.0. The molecule has 0 spiro atoms. The van der Waals surface area contributed by atoms with Crippen LogP contribution in [0.3, 0.4) is 0 Å². The number of hydrogen-bond acceptors (Lipinski definition) is 5. The molecule has 1 rings (SSSR count). The number of rotatable bonds is 5. The van der Waals surface area contributed by atoms with Gasteiger partial charge in [0.2, 0.25) is 5.91 Å². The highest BCUT2D eigenvalue weighted by Crippen LogP contribution is 2.23. The van der Waals surface area contributed by atoms with Gasteiger partial charge in [-0.1, -0.05) is 6.07 Å². The van der Waals surface area contributed by atoms with Crippen LogP contribution in [-0.2, 0) is 4.79 Å².